The maximum atomic E-state index is 5.83. The Morgan fingerprint density at radius 3 is 2.81 bits per heavy atom. The normalized spacial score (nSPS) is 27.6. The van der Waals surface area contributed by atoms with E-state index in [9.17, 15) is 0 Å². The van der Waals surface area contributed by atoms with Gasteiger partial charge in [-0.25, -0.2) is 0 Å². The molecule has 0 spiro atoms. The zero-order chi connectivity index (χ0) is 14.9. The molecule has 21 heavy (non-hydrogen) atoms. The molecule has 3 heteroatoms. The Balaban J connectivity index is 1.71. The van der Waals surface area contributed by atoms with Crippen LogP contribution in [0.4, 0.5) is 0 Å². The Morgan fingerprint density at radius 1 is 1.33 bits per heavy atom. The number of aryl methyl sites for hydroxylation is 1. The first-order valence-electron chi connectivity index (χ1n) is 8.11. The molecule has 0 aromatic heterocycles. The minimum absolute atomic E-state index is 0.0476. The third kappa shape index (κ3) is 2.87. The highest BCUT2D eigenvalue weighted by atomic mass is 16.5. The number of ether oxygens (including phenoxy) is 2. The summed E-state index contributed by atoms with van der Waals surface area (Å²) >= 11 is 0. The summed E-state index contributed by atoms with van der Waals surface area (Å²) < 4.78 is 11.3. The van der Waals surface area contributed by atoms with Crippen LogP contribution in [0.15, 0.2) is 18.2 Å². The first-order valence-corrected chi connectivity index (χ1v) is 8.11. The molecule has 116 valence electrons. The Hall–Kier alpha value is -0.900. The molecule has 0 radical (unpaired) electrons. The highest BCUT2D eigenvalue weighted by molar-refractivity contribution is 5.43. The van der Waals surface area contributed by atoms with E-state index in [1.807, 2.05) is 7.11 Å². The van der Waals surface area contributed by atoms with Crippen LogP contribution in [0.25, 0.3) is 0 Å². The second kappa shape index (κ2) is 6.07. The van der Waals surface area contributed by atoms with Gasteiger partial charge in [0.1, 0.15) is 0 Å². The van der Waals surface area contributed by atoms with Gasteiger partial charge in [-0.15, -0.1) is 0 Å². The van der Waals surface area contributed by atoms with E-state index in [0.717, 1.165) is 32.6 Å². The monoisotopic (exact) mass is 289 g/mol. The minimum Gasteiger partial charge on any atom is -0.381 e. The standard InChI is InChI=1S/C18H27NO2/c1-13-5-4-6-15-16(11-14(2)17(13)15)19-12-18(20-3)7-9-21-10-8-18/h4-6,14,16,19H,7-12H2,1-3H3/t14-,16-/m0/s1. The van der Waals surface area contributed by atoms with Gasteiger partial charge < -0.3 is 14.8 Å². The Labute approximate surface area is 128 Å². The number of nitrogens with one attached hydrogen (secondary N) is 1. The summed E-state index contributed by atoms with van der Waals surface area (Å²) in [5.41, 5.74) is 4.42. The molecular formula is C18H27NO2. The largest absolute Gasteiger partial charge is 0.381 e. The van der Waals surface area contributed by atoms with Gasteiger partial charge in [0.2, 0.25) is 0 Å². The van der Waals surface area contributed by atoms with E-state index in [1.54, 1.807) is 5.56 Å². The van der Waals surface area contributed by atoms with E-state index in [0.29, 0.717) is 12.0 Å². The lowest BCUT2D eigenvalue weighted by atomic mass is 9.93. The number of hydrogen-bond donors (Lipinski definition) is 1. The van der Waals surface area contributed by atoms with Crippen LogP contribution in [-0.4, -0.2) is 32.5 Å². The summed E-state index contributed by atoms with van der Waals surface area (Å²) in [6.45, 7) is 7.11. The van der Waals surface area contributed by atoms with Crippen molar-refractivity contribution in [2.75, 3.05) is 26.9 Å². The Morgan fingerprint density at radius 2 is 2.10 bits per heavy atom. The molecule has 3 rings (SSSR count). The number of rotatable bonds is 4. The van der Waals surface area contributed by atoms with Crippen LogP contribution >= 0.6 is 0 Å². The van der Waals surface area contributed by atoms with E-state index >= 15 is 0 Å². The minimum atomic E-state index is -0.0476. The number of hydrogen-bond acceptors (Lipinski definition) is 3. The number of methoxy groups -OCH3 is 1. The van der Waals surface area contributed by atoms with Crippen LogP contribution in [0.3, 0.4) is 0 Å². The third-order valence-corrected chi connectivity index (χ3v) is 5.32. The van der Waals surface area contributed by atoms with E-state index in [1.165, 1.54) is 17.5 Å². The van der Waals surface area contributed by atoms with Crippen molar-refractivity contribution < 1.29 is 9.47 Å². The molecule has 1 aliphatic heterocycles. The summed E-state index contributed by atoms with van der Waals surface area (Å²) in [4.78, 5) is 0. The molecule has 0 unspecified atom stereocenters. The maximum absolute atomic E-state index is 5.83. The van der Waals surface area contributed by atoms with E-state index in [4.69, 9.17) is 9.47 Å². The quantitative estimate of drug-likeness (QED) is 0.922. The molecule has 1 aromatic carbocycles. The molecule has 1 aliphatic carbocycles. The van der Waals surface area contributed by atoms with Crippen LogP contribution in [0, 0.1) is 6.92 Å². The van der Waals surface area contributed by atoms with Crippen molar-refractivity contribution in [1.82, 2.24) is 5.32 Å². The fourth-order valence-electron chi connectivity index (χ4n) is 3.98. The van der Waals surface area contributed by atoms with Crippen molar-refractivity contribution in [3.05, 3.63) is 34.9 Å². The zero-order valence-corrected chi connectivity index (χ0v) is 13.4. The molecule has 1 heterocycles. The number of benzene rings is 1. The summed E-state index contributed by atoms with van der Waals surface area (Å²) in [5.74, 6) is 0.645. The lowest BCUT2D eigenvalue weighted by Crippen LogP contribution is -2.47. The van der Waals surface area contributed by atoms with Gasteiger partial charge in [0.25, 0.3) is 0 Å². The van der Waals surface area contributed by atoms with Crippen molar-refractivity contribution in [3.8, 4) is 0 Å². The van der Waals surface area contributed by atoms with Gasteiger partial charge in [-0.05, 0) is 36.0 Å². The lowest BCUT2D eigenvalue weighted by molar-refractivity contribution is -0.0887. The van der Waals surface area contributed by atoms with Gasteiger partial charge in [-0.3, -0.25) is 0 Å². The van der Waals surface area contributed by atoms with Gasteiger partial charge in [0, 0.05) is 45.8 Å². The van der Waals surface area contributed by atoms with E-state index in [2.05, 4.69) is 37.4 Å². The van der Waals surface area contributed by atoms with Gasteiger partial charge in [0.15, 0.2) is 0 Å². The molecular weight excluding hydrogens is 262 g/mol. The smallest absolute Gasteiger partial charge is 0.0846 e. The van der Waals surface area contributed by atoms with Gasteiger partial charge in [-0.1, -0.05) is 25.1 Å². The van der Waals surface area contributed by atoms with Crippen molar-refractivity contribution in [1.29, 1.82) is 0 Å². The average Bonchev–Trinajstić information content (AvgIpc) is 2.84. The molecule has 1 aromatic rings. The van der Waals surface area contributed by atoms with Crippen molar-refractivity contribution in [2.24, 2.45) is 0 Å². The topological polar surface area (TPSA) is 30.5 Å². The summed E-state index contributed by atoms with van der Waals surface area (Å²) in [6, 6.07) is 7.16. The van der Waals surface area contributed by atoms with Crippen LogP contribution in [-0.2, 0) is 9.47 Å². The molecule has 0 saturated carbocycles. The van der Waals surface area contributed by atoms with Gasteiger partial charge in [-0.2, -0.15) is 0 Å². The fraction of sp³-hybridized carbons (Fsp3) is 0.667. The molecule has 1 N–H and O–H groups in total. The molecule has 2 atom stereocenters. The molecule has 1 fully saturated rings. The predicted octanol–water partition coefficient (Wildman–Crippen LogP) is 3.33. The summed E-state index contributed by atoms with van der Waals surface area (Å²) in [5, 5.41) is 3.78. The highest BCUT2D eigenvalue weighted by Gasteiger charge is 2.35. The SMILES string of the molecule is COC1(CN[C@H]2C[C@H](C)c3c(C)cccc32)CCOCC1. The third-order valence-electron chi connectivity index (χ3n) is 5.32. The van der Waals surface area contributed by atoms with Gasteiger partial charge in [0.05, 0.1) is 5.60 Å². The predicted molar refractivity (Wildman–Crippen MR) is 84.7 cm³/mol. The lowest BCUT2D eigenvalue weighted by Gasteiger charge is -2.37. The van der Waals surface area contributed by atoms with E-state index in [-0.39, 0.29) is 5.60 Å². The van der Waals surface area contributed by atoms with Crippen molar-refractivity contribution in [2.45, 2.75) is 50.7 Å². The summed E-state index contributed by atoms with van der Waals surface area (Å²) in [7, 11) is 1.84. The Bertz CT molecular complexity index is 494. The molecule has 1 saturated heterocycles. The highest BCUT2D eigenvalue weighted by Crippen LogP contribution is 2.41. The molecule has 2 aliphatic rings. The number of fused-ring (bicyclic) bond motifs is 1. The Kier molecular flexibility index (Phi) is 4.34. The van der Waals surface area contributed by atoms with Crippen LogP contribution in [0.1, 0.15) is 54.8 Å². The zero-order valence-electron chi connectivity index (χ0n) is 13.4. The average molecular weight is 289 g/mol. The van der Waals surface area contributed by atoms with Crippen molar-refractivity contribution >= 4 is 0 Å². The maximum Gasteiger partial charge on any atom is 0.0846 e. The molecule has 0 amide bonds. The van der Waals surface area contributed by atoms with E-state index < -0.39 is 0 Å². The molecule has 0 bridgehead atoms. The molecule has 3 nitrogen and oxygen atoms in total. The second-order valence-electron chi connectivity index (χ2n) is 6.65. The fourth-order valence-corrected chi connectivity index (χ4v) is 3.98. The summed E-state index contributed by atoms with van der Waals surface area (Å²) in [6.07, 6.45) is 3.16. The second-order valence-corrected chi connectivity index (χ2v) is 6.65. The van der Waals surface area contributed by atoms with Crippen LogP contribution < -0.4 is 5.32 Å². The van der Waals surface area contributed by atoms with Gasteiger partial charge >= 0.3 is 0 Å². The van der Waals surface area contributed by atoms with Crippen LogP contribution in [0.5, 0.6) is 0 Å². The van der Waals surface area contributed by atoms with Crippen LogP contribution in [0.2, 0.25) is 0 Å². The van der Waals surface area contributed by atoms with Crippen molar-refractivity contribution in [3.63, 3.8) is 0 Å². The first kappa shape index (κ1) is 15.0. The first-order chi connectivity index (χ1) is 10.2.